The molecule has 0 spiro atoms. The summed E-state index contributed by atoms with van der Waals surface area (Å²) in [6.45, 7) is 4.75. The Kier molecular flexibility index (Phi) is 4.82. The molecule has 2 heterocycles. The largest absolute Gasteiger partial charge is 0.387 e. The van der Waals surface area contributed by atoms with E-state index in [4.69, 9.17) is 5.73 Å². The lowest BCUT2D eigenvalue weighted by Gasteiger charge is -2.27. The van der Waals surface area contributed by atoms with Crippen LogP contribution in [-0.4, -0.2) is 52.1 Å². The second-order valence-electron chi connectivity index (χ2n) is 5.61. The molecule has 0 amide bonds. The molecule has 2 rings (SSSR count). The van der Waals surface area contributed by atoms with Crippen LogP contribution in [0.2, 0.25) is 0 Å². The van der Waals surface area contributed by atoms with Crippen LogP contribution in [0.3, 0.4) is 0 Å². The van der Waals surface area contributed by atoms with E-state index in [0.29, 0.717) is 18.9 Å². The summed E-state index contributed by atoms with van der Waals surface area (Å²) in [5, 5.41) is 17.4. The van der Waals surface area contributed by atoms with Crippen LogP contribution in [0.25, 0.3) is 11.3 Å². The van der Waals surface area contributed by atoms with Crippen LogP contribution in [-0.2, 0) is 0 Å². The zero-order valence-electron chi connectivity index (χ0n) is 12.7. The third kappa shape index (κ3) is 4.13. The molecule has 0 aliphatic heterocycles. The van der Waals surface area contributed by atoms with Gasteiger partial charge in [-0.15, -0.1) is 11.3 Å². The maximum atomic E-state index is 10.4. The molecular formula is C13H21N5OS2. The fraction of sp³-hybridized carbons (Fsp3) is 0.538. The molecule has 1 unspecified atom stereocenters. The van der Waals surface area contributed by atoms with Crippen molar-refractivity contribution < 1.29 is 5.11 Å². The van der Waals surface area contributed by atoms with Gasteiger partial charge >= 0.3 is 0 Å². The number of rotatable bonds is 6. The summed E-state index contributed by atoms with van der Waals surface area (Å²) in [7, 11) is 3.87. The van der Waals surface area contributed by atoms with Gasteiger partial charge in [-0.2, -0.15) is 4.37 Å². The molecule has 0 saturated heterocycles. The van der Waals surface area contributed by atoms with E-state index in [1.54, 1.807) is 18.3 Å². The number of nitrogens with zero attached hydrogens (tertiary/aromatic N) is 3. The Labute approximate surface area is 132 Å². The van der Waals surface area contributed by atoms with E-state index >= 15 is 0 Å². The molecule has 0 aromatic carbocycles. The first-order chi connectivity index (χ1) is 9.78. The Balaban J connectivity index is 2.15. The number of aliphatic hydroxyl groups is 1. The van der Waals surface area contributed by atoms with Crippen LogP contribution < -0.4 is 11.1 Å². The van der Waals surface area contributed by atoms with Crippen molar-refractivity contribution in [1.29, 1.82) is 0 Å². The highest BCUT2D eigenvalue weighted by molar-refractivity contribution is 7.11. The average Bonchev–Trinajstić information content (AvgIpc) is 2.91. The lowest BCUT2D eigenvalue weighted by Crippen LogP contribution is -2.42. The molecule has 2 aromatic rings. The minimum Gasteiger partial charge on any atom is -0.387 e. The molecule has 0 aliphatic carbocycles. The first kappa shape index (κ1) is 16.2. The van der Waals surface area contributed by atoms with E-state index in [1.165, 1.54) is 11.5 Å². The number of anilines is 2. The Bertz CT molecular complexity index is 605. The predicted molar refractivity (Wildman–Crippen MR) is 90.0 cm³/mol. The molecule has 1 atom stereocenters. The molecule has 116 valence electrons. The van der Waals surface area contributed by atoms with Crippen LogP contribution in [0.5, 0.6) is 0 Å². The molecule has 0 saturated carbocycles. The number of hydrogen-bond acceptors (Lipinski definition) is 8. The lowest BCUT2D eigenvalue weighted by atomic mass is 10.1. The molecule has 2 aromatic heterocycles. The van der Waals surface area contributed by atoms with Gasteiger partial charge in [0.05, 0.1) is 21.9 Å². The molecule has 0 bridgehead atoms. The van der Waals surface area contributed by atoms with Crippen molar-refractivity contribution in [2.24, 2.45) is 0 Å². The Hall–Kier alpha value is -1.22. The van der Waals surface area contributed by atoms with Gasteiger partial charge in [-0.3, -0.25) is 0 Å². The second kappa shape index (κ2) is 6.27. The number of nitrogen functional groups attached to an aromatic ring is 1. The van der Waals surface area contributed by atoms with Gasteiger partial charge in [0.2, 0.25) is 0 Å². The van der Waals surface area contributed by atoms with Gasteiger partial charge in [-0.25, -0.2) is 4.98 Å². The fourth-order valence-corrected chi connectivity index (χ4v) is 3.48. The molecule has 21 heavy (non-hydrogen) atoms. The van der Waals surface area contributed by atoms with Crippen LogP contribution in [0.1, 0.15) is 11.9 Å². The number of aryl methyl sites for hydroxylation is 1. The van der Waals surface area contributed by atoms with Crippen molar-refractivity contribution in [3.8, 4) is 11.3 Å². The van der Waals surface area contributed by atoms with Gasteiger partial charge in [0.15, 0.2) is 0 Å². The van der Waals surface area contributed by atoms with Crippen molar-refractivity contribution in [3.63, 3.8) is 0 Å². The zero-order chi connectivity index (χ0) is 15.6. The fourth-order valence-electron chi connectivity index (χ4n) is 2.16. The number of nitrogens with one attached hydrogen (secondary N) is 1. The lowest BCUT2D eigenvalue weighted by molar-refractivity contribution is 0.0460. The standard InChI is InChI=1S/C13H21N5OS2/c1-8-16-9(5-20-8)10-11(14)17-21-12(10)15-6-13(2,19)7-18(3)4/h5,15,19H,6-7H2,1-4H3,(H2,14,17). The van der Waals surface area contributed by atoms with E-state index in [9.17, 15) is 5.11 Å². The van der Waals surface area contributed by atoms with Crippen molar-refractivity contribution >= 4 is 33.7 Å². The average molecular weight is 327 g/mol. The highest BCUT2D eigenvalue weighted by atomic mass is 32.1. The highest BCUT2D eigenvalue weighted by Crippen LogP contribution is 2.37. The summed E-state index contributed by atoms with van der Waals surface area (Å²) in [5.41, 5.74) is 6.78. The summed E-state index contributed by atoms with van der Waals surface area (Å²) in [4.78, 5) is 6.41. The Morgan fingerprint density at radius 2 is 2.19 bits per heavy atom. The van der Waals surface area contributed by atoms with Gasteiger partial charge in [-0.1, -0.05) is 0 Å². The number of hydrogen-bond donors (Lipinski definition) is 3. The highest BCUT2D eigenvalue weighted by Gasteiger charge is 2.23. The van der Waals surface area contributed by atoms with Crippen molar-refractivity contribution in [1.82, 2.24) is 14.3 Å². The van der Waals surface area contributed by atoms with E-state index in [2.05, 4.69) is 14.7 Å². The summed E-state index contributed by atoms with van der Waals surface area (Å²) in [5.74, 6) is 0.472. The number of nitrogens with two attached hydrogens (primary N) is 1. The predicted octanol–water partition coefficient (Wildman–Crippen LogP) is 1.88. The minimum atomic E-state index is -0.836. The molecule has 6 nitrogen and oxygen atoms in total. The summed E-state index contributed by atoms with van der Waals surface area (Å²) < 4.78 is 4.19. The first-order valence-electron chi connectivity index (χ1n) is 6.57. The molecule has 0 radical (unpaired) electrons. The maximum Gasteiger partial charge on any atom is 0.148 e. The summed E-state index contributed by atoms with van der Waals surface area (Å²) >= 11 is 2.87. The molecule has 0 fully saturated rings. The van der Waals surface area contributed by atoms with E-state index in [-0.39, 0.29) is 0 Å². The van der Waals surface area contributed by atoms with Gasteiger partial charge in [0, 0.05) is 18.5 Å². The first-order valence-corrected chi connectivity index (χ1v) is 8.22. The van der Waals surface area contributed by atoms with Crippen LogP contribution in [0.4, 0.5) is 10.8 Å². The SMILES string of the molecule is Cc1nc(-c2c(N)nsc2NCC(C)(O)CN(C)C)cs1. The van der Waals surface area contributed by atoms with Crippen LogP contribution >= 0.6 is 22.9 Å². The second-order valence-corrected chi connectivity index (χ2v) is 7.45. The Morgan fingerprint density at radius 1 is 1.48 bits per heavy atom. The van der Waals surface area contributed by atoms with Gasteiger partial charge in [0.1, 0.15) is 10.8 Å². The van der Waals surface area contributed by atoms with Crippen molar-refractivity contribution in [3.05, 3.63) is 10.4 Å². The molecule has 8 heteroatoms. The minimum absolute atomic E-state index is 0.420. The molecule has 0 aliphatic rings. The number of thiazole rings is 1. The monoisotopic (exact) mass is 327 g/mol. The van der Waals surface area contributed by atoms with E-state index in [0.717, 1.165) is 21.3 Å². The zero-order valence-corrected chi connectivity index (χ0v) is 14.3. The van der Waals surface area contributed by atoms with E-state index in [1.807, 2.05) is 31.3 Å². The van der Waals surface area contributed by atoms with Crippen molar-refractivity contribution in [2.45, 2.75) is 19.4 Å². The summed E-state index contributed by atoms with van der Waals surface area (Å²) in [6, 6.07) is 0. The topological polar surface area (TPSA) is 87.3 Å². The van der Waals surface area contributed by atoms with Gasteiger partial charge < -0.3 is 21.1 Å². The molecule has 4 N–H and O–H groups in total. The third-order valence-electron chi connectivity index (χ3n) is 2.88. The normalized spacial score (nSPS) is 14.4. The van der Waals surface area contributed by atoms with Crippen LogP contribution in [0, 0.1) is 6.92 Å². The third-order valence-corrected chi connectivity index (χ3v) is 4.47. The van der Waals surface area contributed by atoms with Gasteiger partial charge in [-0.05, 0) is 39.5 Å². The Morgan fingerprint density at radius 3 is 2.76 bits per heavy atom. The number of likely N-dealkylation sites (N-methyl/N-ethyl adjacent to an activating group) is 1. The quantitative estimate of drug-likeness (QED) is 0.751. The number of aromatic nitrogens is 2. The van der Waals surface area contributed by atoms with E-state index < -0.39 is 5.60 Å². The van der Waals surface area contributed by atoms with Crippen molar-refractivity contribution in [2.75, 3.05) is 38.2 Å². The smallest absolute Gasteiger partial charge is 0.148 e. The maximum absolute atomic E-state index is 10.4. The van der Waals surface area contributed by atoms with Crippen LogP contribution in [0.15, 0.2) is 5.38 Å². The summed E-state index contributed by atoms with van der Waals surface area (Å²) in [6.07, 6.45) is 0. The van der Waals surface area contributed by atoms with Gasteiger partial charge in [0.25, 0.3) is 0 Å². The molecular weight excluding hydrogens is 306 g/mol.